The Hall–Kier alpha value is -1.35. The van der Waals surface area contributed by atoms with E-state index in [2.05, 4.69) is 62.0 Å². The summed E-state index contributed by atoms with van der Waals surface area (Å²) in [5.41, 5.74) is 2.37. The number of fused-ring (bicyclic) bond motifs is 1. The lowest BCUT2D eigenvalue weighted by Gasteiger charge is -2.24. The van der Waals surface area contributed by atoms with E-state index in [0.29, 0.717) is 12.0 Å². The van der Waals surface area contributed by atoms with E-state index in [9.17, 15) is 0 Å². The molecule has 0 aliphatic heterocycles. The Kier molecular flexibility index (Phi) is 5.18. The molecule has 0 fully saturated rings. The molecule has 1 heterocycles. The van der Waals surface area contributed by atoms with Gasteiger partial charge in [-0.2, -0.15) is 0 Å². The first kappa shape index (κ1) is 15.0. The van der Waals surface area contributed by atoms with Gasteiger partial charge in [-0.05, 0) is 32.0 Å². The Balaban J connectivity index is 2.32. The third-order valence-electron chi connectivity index (χ3n) is 4.44. The molecule has 1 unspecified atom stereocenters. The van der Waals surface area contributed by atoms with Crippen LogP contribution < -0.4 is 5.32 Å². The molecule has 0 aliphatic carbocycles. The van der Waals surface area contributed by atoms with Crippen molar-refractivity contribution in [3.05, 3.63) is 30.1 Å². The number of benzene rings is 1. The molecule has 1 atom stereocenters. The van der Waals surface area contributed by atoms with Crippen LogP contribution >= 0.6 is 0 Å². The smallest absolute Gasteiger partial charge is 0.111 e. The van der Waals surface area contributed by atoms with Crippen LogP contribution in [0.15, 0.2) is 24.3 Å². The maximum absolute atomic E-state index is 4.85. The Bertz CT molecular complexity index is 540. The average Bonchev–Trinajstić information content (AvgIpc) is 2.84. The number of para-hydroxylation sites is 2. The van der Waals surface area contributed by atoms with Gasteiger partial charge in [0.2, 0.25) is 0 Å². The molecule has 0 saturated heterocycles. The van der Waals surface area contributed by atoms with Crippen LogP contribution in [-0.4, -0.2) is 22.6 Å². The van der Waals surface area contributed by atoms with E-state index >= 15 is 0 Å². The normalized spacial score (nSPS) is 13.2. The summed E-state index contributed by atoms with van der Waals surface area (Å²) in [5.74, 6) is 1.92. The first-order valence-corrected chi connectivity index (χ1v) is 7.86. The molecule has 0 saturated carbocycles. The fourth-order valence-corrected chi connectivity index (χ4v) is 3.19. The molecule has 1 aromatic carbocycles. The fraction of sp³-hybridized carbons (Fsp3) is 0.588. The van der Waals surface area contributed by atoms with Crippen molar-refractivity contribution >= 4 is 11.0 Å². The highest BCUT2D eigenvalue weighted by atomic mass is 15.1. The highest BCUT2D eigenvalue weighted by molar-refractivity contribution is 5.75. The summed E-state index contributed by atoms with van der Waals surface area (Å²) in [6.45, 7) is 7.74. The van der Waals surface area contributed by atoms with E-state index in [1.165, 1.54) is 24.2 Å². The molecule has 0 radical (unpaired) electrons. The predicted molar refractivity (Wildman–Crippen MR) is 86.0 cm³/mol. The number of rotatable bonds is 7. The third-order valence-corrected chi connectivity index (χ3v) is 4.44. The lowest BCUT2D eigenvalue weighted by molar-refractivity contribution is 0.342. The average molecular weight is 273 g/mol. The number of aromatic nitrogens is 2. The SMILES string of the molecule is CCC(CC)C(Cc1nc2ccccc2n1CC)NC. The number of imidazole rings is 1. The minimum Gasteiger partial charge on any atom is -0.328 e. The lowest BCUT2D eigenvalue weighted by atomic mass is 9.92. The van der Waals surface area contributed by atoms with Gasteiger partial charge in [0.1, 0.15) is 5.82 Å². The molecule has 1 N–H and O–H groups in total. The molecule has 3 heteroatoms. The van der Waals surface area contributed by atoms with Crippen molar-refractivity contribution in [1.29, 1.82) is 0 Å². The van der Waals surface area contributed by atoms with Gasteiger partial charge in [0.15, 0.2) is 0 Å². The van der Waals surface area contributed by atoms with Gasteiger partial charge in [-0.3, -0.25) is 0 Å². The van der Waals surface area contributed by atoms with Gasteiger partial charge in [0.25, 0.3) is 0 Å². The summed E-state index contributed by atoms with van der Waals surface area (Å²) in [6.07, 6.45) is 3.44. The zero-order chi connectivity index (χ0) is 14.5. The summed E-state index contributed by atoms with van der Waals surface area (Å²) in [6, 6.07) is 8.94. The molecular weight excluding hydrogens is 246 g/mol. The quantitative estimate of drug-likeness (QED) is 0.835. The van der Waals surface area contributed by atoms with Crippen LogP contribution in [0.4, 0.5) is 0 Å². The molecule has 0 aliphatic rings. The van der Waals surface area contributed by atoms with E-state index in [0.717, 1.165) is 18.5 Å². The van der Waals surface area contributed by atoms with Crippen molar-refractivity contribution in [3.63, 3.8) is 0 Å². The predicted octanol–water partition coefficient (Wildman–Crippen LogP) is 3.62. The minimum absolute atomic E-state index is 0.507. The second-order valence-corrected chi connectivity index (χ2v) is 5.44. The zero-order valence-electron chi connectivity index (χ0n) is 13.2. The molecular formula is C17H27N3. The fourth-order valence-electron chi connectivity index (χ4n) is 3.19. The van der Waals surface area contributed by atoms with Crippen molar-refractivity contribution in [1.82, 2.24) is 14.9 Å². The van der Waals surface area contributed by atoms with Crippen LogP contribution in [0.25, 0.3) is 11.0 Å². The van der Waals surface area contributed by atoms with E-state index < -0.39 is 0 Å². The molecule has 110 valence electrons. The first-order chi connectivity index (χ1) is 9.74. The number of nitrogens with one attached hydrogen (secondary N) is 1. The van der Waals surface area contributed by atoms with Gasteiger partial charge in [0.05, 0.1) is 11.0 Å². The van der Waals surface area contributed by atoms with Crippen LogP contribution in [0.3, 0.4) is 0 Å². The van der Waals surface area contributed by atoms with Gasteiger partial charge >= 0.3 is 0 Å². The molecule has 0 spiro atoms. The summed E-state index contributed by atoms with van der Waals surface area (Å²) in [7, 11) is 2.07. The molecule has 2 aromatic rings. The highest BCUT2D eigenvalue weighted by Crippen LogP contribution is 2.21. The summed E-state index contributed by atoms with van der Waals surface area (Å²) < 4.78 is 2.35. The first-order valence-electron chi connectivity index (χ1n) is 7.86. The topological polar surface area (TPSA) is 29.9 Å². The van der Waals surface area contributed by atoms with Crippen LogP contribution in [0.5, 0.6) is 0 Å². The van der Waals surface area contributed by atoms with Gasteiger partial charge in [-0.1, -0.05) is 38.8 Å². The number of aryl methyl sites for hydroxylation is 1. The molecule has 0 amide bonds. The number of hydrogen-bond acceptors (Lipinski definition) is 2. The molecule has 3 nitrogen and oxygen atoms in total. The Morgan fingerprint density at radius 3 is 2.45 bits per heavy atom. The Morgan fingerprint density at radius 2 is 1.85 bits per heavy atom. The third kappa shape index (κ3) is 2.88. The van der Waals surface area contributed by atoms with Crippen molar-refractivity contribution in [3.8, 4) is 0 Å². The molecule has 20 heavy (non-hydrogen) atoms. The van der Waals surface area contributed by atoms with Gasteiger partial charge in [0, 0.05) is 19.0 Å². The van der Waals surface area contributed by atoms with E-state index in [-0.39, 0.29) is 0 Å². The molecule has 0 bridgehead atoms. The van der Waals surface area contributed by atoms with Gasteiger partial charge in [-0.25, -0.2) is 4.98 Å². The maximum atomic E-state index is 4.85. The minimum atomic E-state index is 0.507. The van der Waals surface area contributed by atoms with E-state index in [1.807, 2.05) is 0 Å². The Labute approximate surface area is 122 Å². The molecule has 2 rings (SSSR count). The van der Waals surface area contributed by atoms with Crippen LogP contribution in [-0.2, 0) is 13.0 Å². The van der Waals surface area contributed by atoms with Gasteiger partial charge in [-0.15, -0.1) is 0 Å². The van der Waals surface area contributed by atoms with Crippen LogP contribution in [0.1, 0.15) is 39.4 Å². The number of likely N-dealkylation sites (N-methyl/N-ethyl adjacent to an activating group) is 1. The zero-order valence-corrected chi connectivity index (χ0v) is 13.2. The van der Waals surface area contributed by atoms with Crippen molar-refractivity contribution in [2.24, 2.45) is 5.92 Å². The highest BCUT2D eigenvalue weighted by Gasteiger charge is 2.20. The van der Waals surface area contributed by atoms with Crippen molar-refractivity contribution < 1.29 is 0 Å². The van der Waals surface area contributed by atoms with E-state index in [1.54, 1.807) is 0 Å². The standard InChI is InChI=1S/C17H27N3/c1-5-13(6-2)15(18-4)12-17-19-14-10-8-9-11-16(14)20(17)7-3/h8-11,13,15,18H,5-7,12H2,1-4H3. The second kappa shape index (κ2) is 6.89. The van der Waals surface area contributed by atoms with Gasteiger partial charge < -0.3 is 9.88 Å². The second-order valence-electron chi connectivity index (χ2n) is 5.44. The summed E-state index contributed by atoms with van der Waals surface area (Å²) in [5, 5.41) is 3.49. The Morgan fingerprint density at radius 1 is 1.15 bits per heavy atom. The van der Waals surface area contributed by atoms with E-state index in [4.69, 9.17) is 4.98 Å². The maximum Gasteiger partial charge on any atom is 0.111 e. The van der Waals surface area contributed by atoms with Crippen molar-refractivity contribution in [2.45, 2.75) is 52.6 Å². The lowest BCUT2D eigenvalue weighted by Crippen LogP contribution is -2.36. The van der Waals surface area contributed by atoms with Crippen molar-refractivity contribution in [2.75, 3.05) is 7.05 Å². The largest absolute Gasteiger partial charge is 0.328 e. The molecule has 1 aromatic heterocycles. The number of nitrogens with zero attached hydrogens (tertiary/aromatic N) is 2. The summed E-state index contributed by atoms with van der Waals surface area (Å²) in [4.78, 5) is 4.85. The van der Waals surface area contributed by atoms with Crippen LogP contribution in [0, 0.1) is 5.92 Å². The summed E-state index contributed by atoms with van der Waals surface area (Å²) >= 11 is 0. The van der Waals surface area contributed by atoms with Crippen LogP contribution in [0.2, 0.25) is 0 Å². The number of hydrogen-bond donors (Lipinski definition) is 1. The monoisotopic (exact) mass is 273 g/mol.